The summed E-state index contributed by atoms with van der Waals surface area (Å²) < 4.78 is 19.7. The number of rotatable bonds is 5. The van der Waals surface area contributed by atoms with Crippen molar-refractivity contribution in [3.05, 3.63) is 29.8 Å². The van der Waals surface area contributed by atoms with Crippen LogP contribution in [0.5, 0.6) is 5.75 Å². The van der Waals surface area contributed by atoms with Gasteiger partial charge in [0.2, 0.25) is 5.91 Å². The van der Waals surface area contributed by atoms with Gasteiger partial charge in [0.25, 0.3) is 0 Å². The molecule has 1 N–H and O–H groups in total. The van der Waals surface area contributed by atoms with E-state index in [4.69, 9.17) is 9.84 Å². The zero-order chi connectivity index (χ0) is 16.2. The normalized spacial score (nSPS) is 22.0. The predicted octanol–water partition coefficient (Wildman–Crippen LogP) is 2.34. The summed E-state index contributed by atoms with van der Waals surface area (Å²) in [6.45, 7) is 3.92. The van der Waals surface area contributed by atoms with E-state index in [0.717, 1.165) is 11.3 Å². The fourth-order valence-electron chi connectivity index (χ4n) is 2.67. The number of carbonyl (C=O) groups is 1. The number of likely N-dealkylation sites (tertiary alicyclic amines) is 1. The number of halogens is 1. The van der Waals surface area contributed by atoms with E-state index in [1.54, 1.807) is 0 Å². The van der Waals surface area contributed by atoms with Crippen LogP contribution in [0.4, 0.5) is 4.39 Å². The molecular weight excluding hydrogens is 285 g/mol. The quantitative estimate of drug-likeness (QED) is 0.908. The number of ether oxygens (including phenoxy) is 1. The topological polar surface area (TPSA) is 49.8 Å². The van der Waals surface area contributed by atoms with Crippen LogP contribution in [0.15, 0.2) is 24.3 Å². The molecule has 1 aliphatic heterocycles. The molecule has 22 heavy (non-hydrogen) atoms. The van der Waals surface area contributed by atoms with Crippen molar-refractivity contribution in [3.63, 3.8) is 0 Å². The van der Waals surface area contributed by atoms with Gasteiger partial charge in [-0.15, -0.1) is 0 Å². The van der Waals surface area contributed by atoms with Crippen molar-refractivity contribution in [1.82, 2.24) is 4.90 Å². The first kappa shape index (κ1) is 16.7. The molecule has 1 aromatic carbocycles. The summed E-state index contributed by atoms with van der Waals surface area (Å²) in [5.41, 5.74) is -0.775. The van der Waals surface area contributed by atoms with Crippen molar-refractivity contribution in [3.8, 4) is 5.75 Å². The van der Waals surface area contributed by atoms with E-state index in [1.165, 1.54) is 4.90 Å². The second kappa shape index (κ2) is 7.09. The minimum Gasteiger partial charge on any atom is -0.491 e. The first-order valence-electron chi connectivity index (χ1n) is 7.75. The van der Waals surface area contributed by atoms with Crippen molar-refractivity contribution in [2.24, 2.45) is 0 Å². The molecule has 0 aliphatic carbocycles. The number of hydrogen-bond donors (Lipinski definition) is 1. The standard InChI is InChI=1S/C17H24FNO3/c1-13(2)22-15-6-4-14(5-7-15)10-16(21)19-9-3-8-17(18,11-19)12-20/h4-7,13,20H,3,8-12H2,1-2H3. The van der Waals surface area contributed by atoms with Gasteiger partial charge >= 0.3 is 0 Å². The Hall–Kier alpha value is -1.62. The summed E-state index contributed by atoms with van der Waals surface area (Å²) in [6, 6.07) is 7.39. The van der Waals surface area contributed by atoms with Crippen LogP contribution in [0.25, 0.3) is 0 Å². The number of carbonyl (C=O) groups excluding carboxylic acids is 1. The number of benzene rings is 1. The van der Waals surface area contributed by atoms with E-state index in [0.29, 0.717) is 19.4 Å². The molecular formula is C17H24FNO3. The average molecular weight is 309 g/mol. The van der Waals surface area contributed by atoms with Gasteiger partial charge in [-0.3, -0.25) is 4.79 Å². The Morgan fingerprint density at radius 3 is 2.68 bits per heavy atom. The molecule has 1 amide bonds. The monoisotopic (exact) mass is 309 g/mol. The predicted molar refractivity (Wildman–Crippen MR) is 82.6 cm³/mol. The van der Waals surface area contributed by atoms with Gasteiger partial charge in [-0.1, -0.05) is 12.1 Å². The van der Waals surface area contributed by atoms with Crippen LogP contribution in [0.3, 0.4) is 0 Å². The molecule has 122 valence electrons. The Morgan fingerprint density at radius 2 is 2.09 bits per heavy atom. The summed E-state index contributed by atoms with van der Waals surface area (Å²) in [5, 5.41) is 9.12. The molecule has 0 aromatic heterocycles. The maximum Gasteiger partial charge on any atom is 0.227 e. The van der Waals surface area contributed by atoms with Gasteiger partial charge in [-0.25, -0.2) is 4.39 Å². The Balaban J connectivity index is 1.94. The highest BCUT2D eigenvalue weighted by Crippen LogP contribution is 2.25. The second-order valence-corrected chi connectivity index (χ2v) is 6.22. The lowest BCUT2D eigenvalue weighted by atomic mass is 9.95. The van der Waals surface area contributed by atoms with Crippen LogP contribution in [0.2, 0.25) is 0 Å². The summed E-state index contributed by atoms with van der Waals surface area (Å²) in [7, 11) is 0. The Bertz CT molecular complexity index is 503. The molecule has 2 rings (SSSR count). The highest BCUT2D eigenvalue weighted by atomic mass is 19.1. The first-order valence-corrected chi connectivity index (χ1v) is 7.75. The van der Waals surface area contributed by atoms with E-state index >= 15 is 0 Å². The van der Waals surface area contributed by atoms with E-state index < -0.39 is 12.3 Å². The number of piperidine rings is 1. The van der Waals surface area contributed by atoms with Gasteiger partial charge in [-0.2, -0.15) is 0 Å². The van der Waals surface area contributed by atoms with Crippen molar-refractivity contribution in [2.75, 3.05) is 19.7 Å². The highest BCUT2D eigenvalue weighted by molar-refractivity contribution is 5.79. The van der Waals surface area contributed by atoms with Gasteiger partial charge in [0.1, 0.15) is 5.75 Å². The second-order valence-electron chi connectivity index (χ2n) is 6.22. The summed E-state index contributed by atoms with van der Waals surface area (Å²) >= 11 is 0. The molecule has 1 saturated heterocycles. The molecule has 1 fully saturated rings. The summed E-state index contributed by atoms with van der Waals surface area (Å²) in [5.74, 6) is 0.667. The number of hydrogen-bond acceptors (Lipinski definition) is 3. The fraction of sp³-hybridized carbons (Fsp3) is 0.588. The molecule has 1 atom stereocenters. The molecule has 4 nitrogen and oxygen atoms in total. The third-order valence-corrected chi connectivity index (χ3v) is 3.81. The van der Waals surface area contributed by atoms with Crippen LogP contribution in [-0.4, -0.2) is 47.4 Å². The number of aliphatic hydroxyl groups excluding tert-OH is 1. The lowest BCUT2D eigenvalue weighted by molar-refractivity contribution is -0.135. The lowest BCUT2D eigenvalue weighted by Crippen LogP contribution is -2.50. The smallest absolute Gasteiger partial charge is 0.227 e. The lowest BCUT2D eigenvalue weighted by Gasteiger charge is -2.36. The van der Waals surface area contributed by atoms with Gasteiger partial charge in [-0.05, 0) is 44.4 Å². The average Bonchev–Trinajstić information content (AvgIpc) is 2.49. The van der Waals surface area contributed by atoms with Crippen LogP contribution >= 0.6 is 0 Å². The summed E-state index contributed by atoms with van der Waals surface area (Å²) in [4.78, 5) is 13.8. The van der Waals surface area contributed by atoms with E-state index in [-0.39, 0.29) is 25.0 Å². The third-order valence-electron chi connectivity index (χ3n) is 3.81. The van der Waals surface area contributed by atoms with Gasteiger partial charge in [0, 0.05) is 6.54 Å². The van der Waals surface area contributed by atoms with Crippen molar-refractivity contribution >= 4 is 5.91 Å². The minimum atomic E-state index is -1.65. The molecule has 1 aliphatic rings. The van der Waals surface area contributed by atoms with Crippen LogP contribution in [-0.2, 0) is 11.2 Å². The summed E-state index contributed by atoms with van der Waals surface area (Å²) in [6.07, 6.45) is 1.25. The zero-order valence-corrected chi connectivity index (χ0v) is 13.2. The zero-order valence-electron chi connectivity index (χ0n) is 13.2. The Labute approximate surface area is 130 Å². The van der Waals surface area contributed by atoms with Crippen LogP contribution in [0.1, 0.15) is 32.3 Å². The van der Waals surface area contributed by atoms with Crippen molar-refractivity contribution in [1.29, 1.82) is 0 Å². The Morgan fingerprint density at radius 1 is 1.41 bits per heavy atom. The number of aliphatic hydroxyl groups is 1. The van der Waals surface area contributed by atoms with Gasteiger partial charge < -0.3 is 14.7 Å². The van der Waals surface area contributed by atoms with E-state index in [2.05, 4.69) is 0 Å². The van der Waals surface area contributed by atoms with E-state index in [1.807, 2.05) is 38.1 Å². The molecule has 0 radical (unpaired) electrons. The van der Waals surface area contributed by atoms with Crippen LogP contribution < -0.4 is 4.74 Å². The first-order chi connectivity index (χ1) is 10.4. The van der Waals surface area contributed by atoms with E-state index in [9.17, 15) is 9.18 Å². The largest absolute Gasteiger partial charge is 0.491 e. The maximum absolute atomic E-state index is 14.2. The fourth-order valence-corrected chi connectivity index (χ4v) is 2.67. The molecule has 0 saturated carbocycles. The maximum atomic E-state index is 14.2. The number of alkyl halides is 1. The molecule has 0 spiro atoms. The van der Waals surface area contributed by atoms with Crippen molar-refractivity contribution < 1.29 is 19.0 Å². The molecule has 1 aromatic rings. The molecule has 5 heteroatoms. The molecule has 0 bridgehead atoms. The van der Waals surface area contributed by atoms with Gasteiger partial charge in [0.15, 0.2) is 5.67 Å². The van der Waals surface area contributed by atoms with Crippen molar-refractivity contribution in [2.45, 2.75) is 44.9 Å². The molecule has 1 heterocycles. The van der Waals surface area contributed by atoms with Gasteiger partial charge in [0.05, 0.1) is 25.7 Å². The Kier molecular flexibility index (Phi) is 5.40. The SMILES string of the molecule is CC(C)Oc1ccc(CC(=O)N2CCCC(F)(CO)C2)cc1. The molecule has 1 unspecified atom stereocenters. The number of amides is 1. The highest BCUT2D eigenvalue weighted by Gasteiger charge is 2.36. The third kappa shape index (κ3) is 4.44. The minimum absolute atomic E-state index is 0.0170. The number of nitrogens with zero attached hydrogens (tertiary/aromatic N) is 1. The van der Waals surface area contributed by atoms with Crippen LogP contribution in [0, 0.1) is 0 Å².